The second-order valence-electron chi connectivity index (χ2n) is 5.98. The average molecular weight is 287 g/mol. The number of aromatic nitrogens is 2. The molecule has 0 saturated carbocycles. The number of benzene rings is 1. The van der Waals surface area contributed by atoms with Crippen molar-refractivity contribution >= 4 is 0 Å². The Kier molecular flexibility index (Phi) is 3.78. The molecule has 1 aromatic carbocycles. The monoisotopic (exact) mass is 287 g/mol. The van der Waals surface area contributed by atoms with Gasteiger partial charge in [0.05, 0.1) is 0 Å². The fraction of sp³-hybridized carbons (Fsp3) is 0.500. The molecule has 1 aromatic heterocycles. The fourth-order valence-corrected chi connectivity index (χ4v) is 2.60. The van der Waals surface area contributed by atoms with Crippen LogP contribution in [0.1, 0.15) is 44.1 Å². The number of hydrogen-bond acceptors (Lipinski definition) is 5. The number of rotatable bonds is 3. The topological polar surface area (TPSA) is 71.2 Å². The first-order valence-electron chi connectivity index (χ1n) is 7.46. The van der Waals surface area contributed by atoms with E-state index in [1.807, 2.05) is 12.1 Å². The van der Waals surface area contributed by atoms with Crippen molar-refractivity contribution in [3.05, 3.63) is 35.7 Å². The van der Waals surface area contributed by atoms with E-state index in [-0.39, 0.29) is 0 Å². The molecule has 0 spiro atoms. The van der Waals surface area contributed by atoms with Crippen molar-refractivity contribution in [2.45, 2.75) is 38.2 Å². The maximum atomic E-state index is 10.6. The van der Waals surface area contributed by atoms with Gasteiger partial charge in [-0.15, -0.1) is 0 Å². The number of nitrogens with zero attached hydrogens (tertiary/aromatic N) is 2. The van der Waals surface area contributed by atoms with Crippen LogP contribution in [0.4, 0.5) is 0 Å². The molecule has 0 bridgehead atoms. The second kappa shape index (κ2) is 5.58. The van der Waals surface area contributed by atoms with E-state index in [2.05, 4.69) is 41.4 Å². The molecule has 5 nitrogen and oxygen atoms in total. The second-order valence-corrected chi connectivity index (χ2v) is 5.98. The lowest BCUT2D eigenvalue weighted by Crippen LogP contribution is -2.39. The van der Waals surface area contributed by atoms with Crippen LogP contribution in [0.3, 0.4) is 0 Å². The van der Waals surface area contributed by atoms with Gasteiger partial charge in [-0.2, -0.15) is 4.98 Å². The maximum Gasteiger partial charge on any atom is 0.259 e. The van der Waals surface area contributed by atoms with Gasteiger partial charge in [0.25, 0.3) is 5.89 Å². The quantitative estimate of drug-likeness (QED) is 0.907. The SMILES string of the molecule is CC(C)c1ccc(-c2noc(C3(O)CCNCC3)n2)cc1. The lowest BCUT2D eigenvalue weighted by Gasteiger charge is -2.28. The Labute approximate surface area is 124 Å². The highest BCUT2D eigenvalue weighted by atomic mass is 16.5. The van der Waals surface area contributed by atoms with Gasteiger partial charge in [-0.3, -0.25) is 0 Å². The van der Waals surface area contributed by atoms with Gasteiger partial charge in [-0.25, -0.2) is 0 Å². The standard InChI is InChI=1S/C16H21N3O2/c1-11(2)12-3-5-13(6-4-12)14-18-15(21-19-14)16(20)7-9-17-10-8-16/h3-6,11,17,20H,7-10H2,1-2H3. The predicted octanol–water partition coefficient (Wildman–Crippen LogP) is 2.43. The fourth-order valence-electron chi connectivity index (χ4n) is 2.60. The van der Waals surface area contributed by atoms with E-state index in [1.165, 1.54) is 5.56 Å². The van der Waals surface area contributed by atoms with Crippen LogP contribution < -0.4 is 5.32 Å². The van der Waals surface area contributed by atoms with Crippen LogP contribution in [-0.4, -0.2) is 28.3 Å². The summed E-state index contributed by atoms with van der Waals surface area (Å²) in [4.78, 5) is 4.39. The highest BCUT2D eigenvalue weighted by molar-refractivity contribution is 5.55. The third-order valence-corrected chi connectivity index (χ3v) is 4.09. The Hall–Kier alpha value is -1.72. The number of nitrogens with one attached hydrogen (secondary N) is 1. The molecule has 1 aliphatic heterocycles. The molecule has 1 aliphatic rings. The van der Waals surface area contributed by atoms with Gasteiger partial charge in [0.15, 0.2) is 0 Å². The molecule has 3 rings (SSSR count). The van der Waals surface area contributed by atoms with E-state index in [1.54, 1.807) is 0 Å². The minimum Gasteiger partial charge on any atom is -0.380 e. The Balaban J connectivity index is 1.84. The van der Waals surface area contributed by atoms with Crippen LogP contribution in [0.15, 0.2) is 28.8 Å². The molecular formula is C16H21N3O2. The Morgan fingerprint density at radius 1 is 1.19 bits per heavy atom. The molecule has 5 heteroatoms. The van der Waals surface area contributed by atoms with Crippen molar-refractivity contribution in [3.8, 4) is 11.4 Å². The Morgan fingerprint density at radius 2 is 1.86 bits per heavy atom. The van der Waals surface area contributed by atoms with Crippen molar-refractivity contribution < 1.29 is 9.63 Å². The molecule has 2 aromatic rings. The smallest absolute Gasteiger partial charge is 0.259 e. The van der Waals surface area contributed by atoms with Gasteiger partial charge in [-0.1, -0.05) is 43.3 Å². The molecule has 112 valence electrons. The molecule has 2 heterocycles. The molecule has 1 fully saturated rings. The van der Waals surface area contributed by atoms with E-state index >= 15 is 0 Å². The van der Waals surface area contributed by atoms with Crippen LogP contribution in [0.2, 0.25) is 0 Å². The Morgan fingerprint density at radius 3 is 2.48 bits per heavy atom. The summed E-state index contributed by atoms with van der Waals surface area (Å²) in [6, 6.07) is 8.15. The summed E-state index contributed by atoms with van der Waals surface area (Å²) in [6.45, 7) is 5.84. The van der Waals surface area contributed by atoms with E-state index < -0.39 is 5.60 Å². The third-order valence-electron chi connectivity index (χ3n) is 4.09. The summed E-state index contributed by atoms with van der Waals surface area (Å²) in [5.74, 6) is 1.36. The molecule has 2 N–H and O–H groups in total. The van der Waals surface area contributed by atoms with Gasteiger partial charge in [0, 0.05) is 5.56 Å². The zero-order valence-corrected chi connectivity index (χ0v) is 12.5. The average Bonchev–Trinajstić information content (AvgIpc) is 2.99. The van der Waals surface area contributed by atoms with Gasteiger partial charge < -0.3 is 14.9 Å². The van der Waals surface area contributed by atoms with Crippen molar-refractivity contribution in [3.63, 3.8) is 0 Å². The number of piperidine rings is 1. The van der Waals surface area contributed by atoms with Gasteiger partial charge in [0.2, 0.25) is 5.82 Å². The molecule has 21 heavy (non-hydrogen) atoms. The van der Waals surface area contributed by atoms with Crippen molar-refractivity contribution in [2.75, 3.05) is 13.1 Å². The summed E-state index contributed by atoms with van der Waals surface area (Å²) in [6.07, 6.45) is 1.20. The van der Waals surface area contributed by atoms with Gasteiger partial charge in [-0.05, 0) is 37.4 Å². The zero-order valence-electron chi connectivity index (χ0n) is 12.5. The Bertz CT molecular complexity index is 598. The summed E-state index contributed by atoms with van der Waals surface area (Å²) < 4.78 is 5.30. The molecule has 0 amide bonds. The molecular weight excluding hydrogens is 266 g/mol. The predicted molar refractivity (Wildman–Crippen MR) is 79.8 cm³/mol. The minimum absolute atomic E-state index is 0.326. The highest BCUT2D eigenvalue weighted by Crippen LogP contribution is 2.30. The summed E-state index contributed by atoms with van der Waals surface area (Å²) in [5.41, 5.74) is 1.19. The van der Waals surface area contributed by atoms with E-state index in [4.69, 9.17) is 4.52 Å². The lowest BCUT2D eigenvalue weighted by atomic mass is 9.92. The summed E-state index contributed by atoms with van der Waals surface area (Å²) >= 11 is 0. The van der Waals surface area contributed by atoms with Crippen LogP contribution in [0.5, 0.6) is 0 Å². The van der Waals surface area contributed by atoms with E-state index in [0.29, 0.717) is 30.5 Å². The van der Waals surface area contributed by atoms with Crippen LogP contribution in [0, 0.1) is 0 Å². The number of hydrogen-bond donors (Lipinski definition) is 2. The van der Waals surface area contributed by atoms with E-state index in [9.17, 15) is 5.11 Å². The first-order valence-corrected chi connectivity index (χ1v) is 7.46. The normalized spacial score (nSPS) is 18.1. The third kappa shape index (κ3) is 2.84. The lowest BCUT2D eigenvalue weighted by molar-refractivity contribution is -0.0228. The molecule has 0 aliphatic carbocycles. The zero-order chi connectivity index (χ0) is 14.9. The van der Waals surface area contributed by atoms with Crippen LogP contribution in [0.25, 0.3) is 11.4 Å². The molecule has 0 atom stereocenters. The number of aliphatic hydroxyl groups is 1. The molecule has 0 radical (unpaired) electrons. The van der Waals surface area contributed by atoms with Gasteiger partial charge >= 0.3 is 0 Å². The highest BCUT2D eigenvalue weighted by Gasteiger charge is 2.37. The first-order chi connectivity index (χ1) is 10.1. The van der Waals surface area contributed by atoms with Crippen LogP contribution in [-0.2, 0) is 5.60 Å². The van der Waals surface area contributed by atoms with Crippen LogP contribution >= 0.6 is 0 Å². The molecule has 1 saturated heterocycles. The summed E-state index contributed by atoms with van der Waals surface area (Å²) in [5, 5.41) is 17.8. The molecule has 0 unspecified atom stereocenters. The van der Waals surface area contributed by atoms with Crippen molar-refractivity contribution in [1.29, 1.82) is 0 Å². The first kappa shape index (κ1) is 14.2. The van der Waals surface area contributed by atoms with E-state index in [0.717, 1.165) is 18.7 Å². The summed E-state index contributed by atoms with van der Waals surface area (Å²) in [7, 11) is 0. The largest absolute Gasteiger partial charge is 0.380 e. The minimum atomic E-state index is -0.992. The van der Waals surface area contributed by atoms with Crippen molar-refractivity contribution in [2.24, 2.45) is 0 Å². The van der Waals surface area contributed by atoms with Gasteiger partial charge in [0.1, 0.15) is 5.60 Å². The van der Waals surface area contributed by atoms with Crippen molar-refractivity contribution in [1.82, 2.24) is 15.5 Å². The maximum absolute atomic E-state index is 10.6.